The highest BCUT2D eigenvalue weighted by molar-refractivity contribution is 6.29. The number of nitrogens with zero attached hydrogens (tertiary/aromatic N) is 2. The van der Waals surface area contributed by atoms with Gasteiger partial charge in [0.05, 0.1) is 18.0 Å². The molecule has 14 heavy (non-hydrogen) atoms. The molecule has 0 aliphatic heterocycles. The Hall–Kier alpha value is -1.60. The predicted molar refractivity (Wildman–Crippen MR) is 50.4 cm³/mol. The number of nitrogens with one attached hydrogen (secondary N) is 1. The molecule has 0 aliphatic rings. The third kappa shape index (κ3) is 1.32. The van der Waals surface area contributed by atoms with E-state index < -0.39 is 5.82 Å². The van der Waals surface area contributed by atoms with Crippen LogP contribution in [0.5, 0.6) is 0 Å². The zero-order valence-electron chi connectivity index (χ0n) is 7.01. The van der Waals surface area contributed by atoms with E-state index in [4.69, 9.17) is 16.9 Å². The van der Waals surface area contributed by atoms with Crippen molar-refractivity contribution in [3.63, 3.8) is 0 Å². The zero-order valence-corrected chi connectivity index (χ0v) is 7.77. The molecule has 0 fully saturated rings. The molecular weight excluding hydrogens is 205 g/mol. The Morgan fingerprint density at radius 2 is 2.36 bits per heavy atom. The highest BCUT2D eigenvalue weighted by atomic mass is 35.5. The van der Waals surface area contributed by atoms with Crippen LogP contribution in [0.15, 0.2) is 12.1 Å². The van der Waals surface area contributed by atoms with Crippen molar-refractivity contribution in [1.82, 2.24) is 9.97 Å². The summed E-state index contributed by atoms with van der Waals surface area (Å²) in [6.07, 6.45) is 0.192. The van der Waals surface area contributed by atoms with Crippen molar-refractivity contribution < 1.29 is 4.39 Å². The summed E-state index contributed by atoms with van der Waals surface area (Å²) in [6.45, 7) is 0. The molecule has 70 valence electrons. The first kappa shape index (κ1) is 8.97. The van der Waals surface area contributed by atoms with Crippen LogP contribution in [0.2, 0.25) is 5.28 Å². The van der Waals surface area contributed by atoms with Gasteiger partial charge in [-0.05, 0) is 23.2 Å². The third-order valence-electron chi connectivity index (χ3n) is 1.92. The van der Waals surface area contributed by atoms with E-state index in [1.54, 1.807) is 0 Å². The minimum Gasteiger partial charge on any atom is -0.326 e. The summed E-state index contributed by atoms with van der Waals surface area (Å²) < 4.78 is 13.2. The van der Waals surface area contributed by atoms with Crippen LogP contribution in [0.3, 0.4) is 0 Å². The maximum absolute atomic E-state index is 13.2. The minimum absolute atomic E-state index is 0.129. The average Bonchev–Trinajstić information content (AvgIpc) is 2.53. The first-order valence-corrected chi connectivity index (χ1v) is 4.29. The second kappa shape index (κ2) is 3.28. The van der Waals surface area contributed by atoms with Gasteiger partial charge in [-0.2, -0.15) is 5.26 Å². The van der Waals surface area contributed by atoms with Gasteiger partial charge < -0.3 is 4.98 Å². The Balaban J connectivity index is 2.75. The fraction of sp³-hybridized carbons (Fsp3) is 0.111. The van der Waals surface area contributed by atoms with E-state index >= 15 is 0 Å². The van der Waals surface area contributed by atoms with Crippen LogP contribution in [0.25, 0.3) is 11.0 Å². The van der Waals surface area contributed by atoms with Crippen molar-refractivity contribution in [1.29, 1.82) is 5.26 Å². The van der Waals surface area contributed by atoms with E-state index in [0.717, 1.165) is 0 Å². The molecule has 0 radical (unpaired) electrons. The Kier molecular flexibility index (Phi) is 2.10. The lowest BCUT2D eigenvalue weighted by molar-refractivity contribution is 0.637. The second-order valence-electron chi connectivity index (χ2n) is 2.79. The largest absolute Gasteiger partial charge is 0.326 e. The SMILES string of the molecule is N#CCc1ccc(F)c2[nH]c(Cl)nc12. The molecular formula is C9H5ClFN3. The highest BCUT2D eigenvalue weighted by Gasteiger charge is 2.10. The van der Waals surface area contributed by atoms with Crippen molar-refractivity contribution in [2.24, 2.45) is 0 Å². The van der Waals surface area contributed by atoms with Gasteiger partial charge in [0.2, 0.25) is 5.28 Å². The van der Waals surface area contributed by atoms with Gasteiger partial charge in [0.15, 0.2) is 0 Å². The summed E-state index contributed by atoms with van der Waals surface area (Å²) in [4.78, 5) is 6.51. The van der Waals surface area contributed by atoms with Crippen LogP contribution in [0, 0.1) is 17.1 Å². The summed E-state index contributed by atoms with van der Waals surface area (Å²) in [5, 5.41) is 8.67. The third-order valence-corrected chi connectivity index (χ3v) is 2.10. The Bertz CT molecular complexity index is 527. The molecule has 0 spiro atoms. The van der Waals surface area contributed by atoms with Gasteiger partial charge in [-0.15, -0.1) is 0 Å². The molecule has 1 N–H and O–H groups in total. The number of imidazole rings is 1. The van der Waals surface area contributed by atoms with Crippen molar-refractivity contribution in [2.45, 2.75) is 6.42 Å². The van der Waals surface area contributed by atoms with Crippen molar-refractivity contribution in [3.05, 3.63) is 28.8 Å². The lowest BCUT2D eigenvalue weighted by Gasteiger charge is -1.96. The number of benzene rings is 1. The van der Waals surface area contributed by atoms with E-state index in [0.29, 0.717) is 11.1 Å². The number of rotatable bonds is 1. The van der Waals surface area contributed by atoms with Gasteiger partial charge in [-0.3, -0.25) is 0 Å². The number of fused-ring (bicyclic) bond motifs is 1. The number of aromatic nitrogens is 2. The van der Waals surface area contributed by atoms with Gasteiger partial charge in [0, 0.05) is 0 Å². The molecule has 5 heteroatoms. The van der Waals surface area contributed by atoms with Crippen LogP contribution in [0.1, 0.15) is 5.56 Å². The fourth-order valence-corrected chi connectivity index (χ4v) is 1.49. The van der Waals surface area contributed by atoms with Crippen molar-refractivity contribution in [2.75, 3.05) is 0 Å². The molecule has 0 aliphatic carbocycles. The number of H-pyrrole nitrogens is 1. The molecule has 3 nitrogen and oxygen atoms in total. The molecule has 1 aromatic heterocycles. The van der Waals surface area contributed by atoms with E-state index in [2.05, 4.69) is 9.97 Å². The second-order valence-corrected chi connectivity index (χ2v) is 3.15. The quantitative estimate of drug-likeness (QED) is 0.784. The monoisotopic (exact) mass is 209 g/mol. The van der Waals surface area contributed by atoms with Gasteiger partial charge in [-0.25, -0.2) is 9.37 Å². The van der Waals surface area contributed by atoms with Crippen molar-refractivity contribution in [3.8, 4) is 6.07 Å². The molecule has 2 rings (SSSR count). The van der Waals surface area contributed by atoms with E-state index in [9.17, 15) is 4.39 Å². The topological polar surface area (TPSA) is 52.5 Å². The molecule has 1 heterocycles. The lowest BCUT2D eigenvalue weighted by Crippen LogP contribution is -1.86. The van der Waals surface area contributed by atoms with Crippen LogP contribution < -0.4 is 0 Å². The molecule has 0 saturated heterocycles. The van der Waals surface area contributed by atoms with Crippen LogP contribution in [-0.2, 0) is 6.42 Å². The van der Waals surface area contributed by atoms with Crippen LogP contribution >= 0.6 is 11.6 Å². The Labute approximate surface area is 84.1 Å². The number of halogens is 2. The zero-order chi connectivity index (χ0) is 10.1. The average molecular weight is 210 g/mol. The summed E-state index contributed by atoms with van der Waals surface area (Å²) >= 11 is 5.61. The highest BCUT2D eigenvalue weighted by Crippen LogP contribution is 2.21. The van der Waals surface area contributed by atoms with Crippen LogP contribution in [-0.4, -0.2) is 9.97 Å². The summed E-state index contributed by atoms with van der Waals surface area (Å²) in [5.74, 6) is -0.416. The molecule has 0 saturated carbocycles. The number of nitriles is 1. The summed E-state index contributed by atoms with van der Waals surface area (Å²) in [5.41, 5.74) is 1.35. The fourth-order valence-electron chi connectivity index (χ4n) is 1.31. The predicted octanol–water partition coefficient (Wildman–Crippen LogP) is 2.42. The van der Waals surface area contributed by atoms with Crippen molar-refractivity contribution >= 4 is 22.6 Å². The number of aromatic amines is 1. The smallest absolute Gasteiger partial charge is 0.201 e. The van der Waals surface area contributed by atoms with Gasteiger partial charge in [-0.1, -0.05) is 6.07 Å². The first-order chi connectivity index (χ1) is 6.72. The number of hydrogen-bond donors (Lipinski definition) is 1. The Morgan fingerprint density at radius 1 is 1.57 bits per heavy atom. The summed E-state index contributed by atoms with van der Waals surface area (Å²) in [6, 6.07) is 4.82. The maximum Gasteiger partial charge on any atom is 0.201 e. The van der Waals surface area contributed by atoms with Crippen LogP contribution in [0.4, 0.5) is 4.39 Å². The lowest BCUT2D eigenvalue weighted by atomic mass is 10.1. The first-order valence-electron chi connectivity index (χ1n) is 3.92. The Morgan fingerprint density at radius 3 is 3.07 bits per heavy atom. The molecule has 0 bridgehead atoms. The molecule has 1 aromatic carbocycles. The standard InChI is InChI=1S/C9H5ClFN3/c10-9-13-7-5(3-4-12)1-2-6(11)8(7)14-9/h1-2H,3H2,(H,13,14). The normalized spacial score (nSPS) is 10.4. The molecule has 0 atom stereocenters. The molecule has 2 aromatic rings. The van der Waals surface area contributed by atoms with E-state index in [1.165, 1.54) is 12.1 Å². The van der Waals surface area contributed by atoms with Gasteiger partial charge in [0.1, 0.15) is 11.3 Å². The molecule has 0 unspecified atom stereocenters. The van der Waals surface area contributed by atoms with E-state index in [1.807, 2.05) is 6.07 Å². The van der Waals surface area contributed by atoms with Gasteiger partial charge in [0.25, 0.3) is 0 Å². The molecule has 0 amide bonds. The van der Waals surface area contributed by atoms with E-state index in [-0.39, 0.29) is 17.2 Å². The maximum atomic E-state index is 13.2. The van der Waals surface area contributed by atoms with Gasteiger partial charge >= 0.3 is 0 Å². The number of hydrogen-bond acceptors (Lipinski definition) is 2. The minimum atomic E-state index is -0.416. The summed E-state index contributed by atoms with van der Waals surface area (Å²) in [7, 11) is 0.